The molecule has 0 bridgehead atoms. The van der Waals surface area contributed by atoms with Crippen molar-refractivity contribution in [3.63, 3.8) is 0 Å². The first kappa shape index (κ1) is 14.8. The molecule has 1 aliphatic carbocycles. The number of aromatic nitrogens is 2. The SMILES string of the molecule is CC1(C)C=c2c(cc3n2CCNC=3c2nccc(Cl)c2CO)C1. The fourth-order valence-electron chi connectivity index (χ4n) is 3.72. The molecule has 0 saturated heterocycles. The molecule has 0 unspecified atom stereocenters. The quantitative estimate of drug-likeness (QED) is 0.869. The van der Waals surface area contributed by atoms with Crippen LogP contribution in [0.2, 0.25) is 5.02 Å². The molecule has 1 aliphatic heterocycles. The third-order valence-electron chi connectivity index (χ3n) is 4.68. The summed E-state index contributed by atoms with van der Waals surface area (Å²) in [5.41, 5.74) is 4.00. The number of halogens is 1. The Kier molecular flexibility index (Phi) is 3.29. The van der Waals surface area contributed by atoms with Crippen LogP contribution >= 0.6 is 11.6 Å². The van der Waals surface area contributed by atoms with E-state index in [0.29, 0.717) is 10.6 Å². The van der Waals surface area contributed by atoms with Crippen molar-refractivity contribution in [1.29, 1.82) is 0 Å². The summed E-state index contributed by atoms with van der Waals surface area (Å²) in [4.78, 5) is 4.48. The summed E-state index contributed by atoms with van der Waals surface area (Å²) in [6, 6.07) is 3.97. The molecule has 4 nitrogen and oxygen atoms in total. The van der Waals surface area contributed by atoms with Crippen LogP contribution in [0.5, 0.6) is 0 Å². The molecule has 5 heteroatoms. The van der Waals surface area contributed by atoms with Crippen LogP contribution in [0.4, 0.5) is 0 Å². The smallest absolute Gasteiger partial charge is 0.0952 e. The van der Waals surface area contributed by atoms with E-state index in [1.165, 1.54) is 10.9 Å². The van der Waals surface area contributed by atoms with Crippen molar-refractivity contribution in [3.05, 3.63) is 50.9 Å². The van der Waals surface area contributed by atoms with E-state index in [2.05, 4.69) is 40.9 Å². The summed E-state index contributed by atoms with van der Waals surface area (Å²) in [6.45, 7) is 6.21. The largest absolute Gasteiger partial charge is 0.392 e. The zero-order chi connectivity index (χ0) is 16.2. The second-order valence-electron chi connectivity index (χ2n) is 6.98. The van der Waals surface area contributed by atoms with Gasteiger partial charge in [-0.3, -0.25) is 4.98 Å². The fraction of sp³-hybridized carbons (Fsp3) is 0.389. The van der Waals surface area contributed by atoms with Crippen LogP contribution in [0.15, 0.2) is 18.3 Å². The molecule has 0 amide bonds. The highest BCUT2D eigenvalue weighted by Gasteiger charge is 2.27. The van der Waals surface area contributed by atoms with E-state index in [4.69, 9.17) is 11.6 Å². The molecule has 2 N–H and O–H groups in total. The maximum atomic E-state index is 9.69. The molecule has 0 atom stereocenters. The predicted molar refractivity (Wildman–Crippen MR) is 91.3 cm³/mol. The maximum absolute atomic E-state index is 9.69. The summed E-state index contributed by atoms with van der Waals surface area (Å²) in [6.07, 6.45) is 5.12. The molecule has 2 aromatic heterocycles. The Morgan fingerprint density at radius 2 is 2.26 bits per heavy atom. The monoisotopic (exact) mass is 329 g/mol. The van der Waals surface area contributed by atoms with Gasteiger partial charge in [-0.05, 0) is 29.5 Å². The van der Waals surface area contributed by atoms with Gasteiger partial charge < -0.3 is 15.0 Å². The van der Waals surface area contributed by atoms with E-state index < -0.39 is 0 Å². The lowest BCUT2D eigenvalue weighted by Crippen LogP contribution is -2.41. The van der Waals surface area contributed by atoms with Gasteiger partial charge in [-0.1, -0.05) is 31.5 Å². The molecule has 4 rings (SSSR count). The highest BCUT2D eigenvalue weighted by atomic mass is 35.5. The Hall–Kier alpha value is -1.78. The van der Waals surface area contributed by atoms with Crippen molar-refractivity contribution in [2.45, 2.75) is 33.4 Å². The van der Waals surface area contributed by atoms with Crippen LogP contribution in [-0.4, -0.2) is 21.2 Å². The van der Waals surface area contributed by atoms with E-state index in [1.54, 1.807) is 12.3 Å². The van der Waals surface area contributed by atoms with E-state index in [0.717, 1.165) is 36.3 Å². The predicted octanol–water partition coefficient (Wildman–Crippen LogP) is 1.15. The number of aliphatic hydroxyl groups is 1. The van der Waals surface area contributed by atoms with Gasteiger partial charge in [0.2, 0.25) is 0 Å². The Bertz CT molecular complexity index is 911. The number of nitrogens with one attached hydrogen (secondary N) is 1. The van der Waals surface area contributed by atoms with Crippen LogP contribution in [-0.2, 0) is 19.6 Å². The lowest BCUT2D eigenvalue weighted by Gasteiger charge is -2.20. The Labute approximate surface area is 140 Å². The second kappa shape index (κ2) is 5.11. The Balaban J connectivity index is 2.02. The molecule has 0 saturated carbocycles. The minimum atomic E-state index is -0.118. The van der Waals surface area contributed by atoms with Gasteiger partial charge in [0.25, 0.3) is 0 Å². The van der Waals surface area contributed by atoms with E-state index >= 15 is 0 Å². The topological polar surface area (TPSA) is 50.1 Å². The number of nitrogens with zero attached hydrogens (tertiary/aromatic N) is 2. The molecule has 2 aliphatic rings. The lowest BCUT2D eigenvalue weighted by atomic mass is 9.92. The van der Waals surface area contributed by atoms with Gasteiger partial charge in [-0.25, -0.2) is 0 Å². The van der Waals surface area contributed by atoms with Crippen molar-refractivity contribution < 1.29 is 5.11 Å². The first-order valence-electron chi connectivity index (χ1n) is 7.94. The van der Waals surface area contributed by atoms with Gasteiger partial charge in [0.1, 0.15) is 0 Å². The highest BCUT2D eigenvalue weighted by Crippen LogP contribution is 2.27. The van der Waals surface area contributed by atoms with Crippen molar-refractivity contribution in [2.24, 2.45) is 5.41 Å². The Morgan fingerprint density at radius 1 is 1.43 bits per heavy atom. The number of aliphatic hydroxyl groups excluding tert-OH is 1. The number of rotatable bonds is 2. The van der Waals surface area contributed by atoms with Gasteiger partial charge >= 0.3 is 0 Å². The number of fused-ring (bicyclic) bond motifs is 3. The third-order valence-corrected chi connectivity index (χ3v) is 5.04. The zero-order valence-corrected chi connectivity index (χ0v) is 14.1. The fourth-order valence-corrected chi connectivity index (χ4v) is 3.92. The molecular formula is C18H20ClN3O. The number of hydrogen-bond acceptors (Lipinski definition) is 3. The summed E-state index contributed by atoms with van der Waals surface area (Å²) in [7, 11) is 0. The minimum absolute atomic E-state index is 0.118. The third kappa shape index (κ3) is 2.28. The van der Waals surface area contributed by atoms with Crippen molar-refractivity contribution in [3.8, 4) is 0 Å². The van der Waals surface area contributed by atoms with Gasteiger partial charge in [0, 0.05) is 35.2 Å². The molecule has 0 aromatic carbocycles. The van der Waals surface area contributed by atoms with E-state index in [-0.39, 0.29) is 12.0 Å². The average molecular weight is 330 g/mol. The summed E-state index contributed by atoms with van der Waals surface area (Å²) in [5, 5.41) is 16.2. The molecule has 2 aromatic rings. The van der Waals surface area contributed by atoms with E-state index in [1.807, 2.05) is 0 Å². The Morgan fingerprint density at radius 3 is 3.04 bits per heavy atom. The minimum Gasteiger partial charge on any atom is -0.392 e. The second-order valence-corrected chi connectivity index (χ2v) is 7.39. The summed E-state index contributed by atoms with van der Waals surface area (Å²) < 4.78 is 2.36. The number of pyridine rings is 1. The van der Waals surface area contributed by atoms with Crippen LogP contribution in [0.1, 0.15) is 30.7 Å². The normalized spacial score (nSPS) is 18.2. The van der Waals surface area contributed by atoms with Crippen molar-refractivity contribution in [1.82, 2.24) is 14.9 Å². The number of hydrogen-bond donors (Lipinski definition) is 2. The van der Waals surface area contributed by atoms with E-state index in [9.17, 15) is 5.11 Å². The van der Waals surface area contributed by atoms with Gasteiger partial charge in [-0.15, -0.1) is 0 Å². The molecule has 3 heterocycles. The van der Waals surface area contributed by atoms with Crippen LogP contribution in [0.3, 0.4) is 0 Å². The van der Waals surface area contributed by atoms with Crippen LogP contribution < -0.4 is 16.0 Å². The van der Waals surface area contributed by atoms with Gasteiger partial charge in [0.05, 0.1) is 23.3 Å². The molecule has 0 radical (unpaired) electrons. The average Bonchev–Trinajstić information content (AvgIpc) is 2.98. The molecule has 0 spiro atoms. The molecular weight excluding hydrogens is 310 g/mol. The van der Waals surface area contributed by atoms with Crippen LogP contribution in [0.25, 0.3) is 11.8 Å². The first-order chi connectivity index (χ1) is 11.0. The van der Waals surface area contributed by atoms with Gasteiger partial charge in [-0.2, -0.15) is 0 Å². The van der Waals surface area contributed by atoms with Crippen molar-refractivity contribution >= 4 is 23.4 Å². The standard InChI is InChI=1S/C18H20ClN3O/c1-18(2)8-11-7-14-17(21-5-6-22(14)15(11)9-18)16-12(10-23)13(19)3-4-20-16/h3-4,7,9,21,23H,5-6,8,10H2,1-2H3. The van der Waals surface area contributed by atoms with Crippen molar-refractivity contribution in [2.75, 3.05) is 6.54 Å². The molecule has 0 fully saturated rings. The van der Waals surface area contributed by atoms with Gasteiger partial charge in [0.15, 0.2) is 0 Å². The van der Waals surface area contributed by atoms with Crippen LogP contribution in [0, 0.1) is 5.41 Å². The first-order valence-corrected chi connectivity index (χ1v) is 8.32. The summed E-state index contributed by atoms with van der Waals surface area (Å²) in [5.74, 6) is 0. The zero-order valence-electron chi connectivity index (χ0n) is 13.4. The molecule has 120 valence electrons. The lowest BCUT2D eigenvalue weighted by molar-refractivity contribution is 0.281. The maximum Gasteiger partial charge on any atom is 0.0952 e. The summed E-state index contributed by atoms with van der Waals surface area (Å²) >= 11 is 6.23. The molecule has 23 heavy (non-hydrogen) atoms. The highest BCUT2D eigenvalue weighted by molar-refractivity contribution is 6.31.